The van der Waals surface area contributed by atoms with Crippen molar-refractivity contribution in [3.8, 4) is 0 Å². The maximum atomic E-state index is 10.1. The zero-order valence-electron chi connectivity index (χ0n) is 15.7. The molecule has 3 rings (SSSR count). The fourth-order valence-electron chi connectivity index (χ4n) is 2.70. The lowest BCUT2D eigenvalue weighted by Gasteiger charge is -2.22. The lowest BCUT2D eigenvalue weighted by molar-refractivity contribution is 0.204. The van der Waals surface area contributed by atoms with E-state index in [1.807, 2.05) is 0 Å². The molecule has 1 N–H and O–H groups in total. The molecule has 0 saturated heterocycles. The zero-order chi connectivity index (χ0) is 19.8. The van der Waals surface area contributed by atoms with Crippen LogP contribution in [0, 0.1) is 0 Å². The van der Waals surface area contributed by atoms with Crippen LogP contribution in [-0.2, 0) is 13.6 Å². The van der Waals surface area contributed by atoms with E-state index in [2.05, 4.69) is 107 Å². The van der Waals surface area contributed by atoms with E-state index in [9.17, 15) is 4.57 Å². The maximum Gasteiger partial charge on any atom is 0.471 e. The number of phosphoric acid groups is 1. The van der Waals surface area contributed by atoms with Crippen molar-refractivity contribution in [2.24, 2.45) is 0 Å². The second kappa shape index (κ2) is 9.94. The molecule has 0 fully saturated rings. The van der Waals surface area contributed by atoms with Crippen LogP contribution < -0.4 is 15.9 Å². The molecular formula is C21H25O4P2+. The van der Waals surface area contributed by atoms with Gasteiger partial charge in [0, 0.05) is 14.2 Å². The van der Waals surface area contributed by atoms with Gasteiger partial charge in [0.1, 0.15) is 23.2 Å². The first-order chi connectivity index (χ1) is 12.9. The van der Waals surface area contributed by atoms with Crippen molar-refractivity contribution in [3.63, 3.8) is 0 Å². The van der Waals surface area contributed by atoms with Crippen LogP contribution in [0.5, 0.6) is 0 Å². The summed E-state index contributed by atoms with van der Waals surface area (Å²) < 4.78 is 18.0. The quantitative estimate of drug-likeness (QED) is 0.655. The van der Waals surface area contributed by atoms with Crippen LogP contribution in [0.15, 0.2) is 91.0 Å². The van der Waals surface area contributed by atoms with Gasteiger partial charge in [-0.1, -0.05) is 54.6 Å². The van der Waals surface area contributed by atoms with Crippen molar-refractivity contribution in [1.82, 2.24) is 0 Å². The van der Waals surface area contributed by atoms with Crippen LogP contribution in [0.2, 0.25) is 0 Å². The van der Waals surface area contributed by atoms with Gasteiger partial charge in [0.2, 0.25) is 0 Å². The van der Waals surface area contributed by atoms with Gasteiger partial charge in [0.25, 0.3) is 0 Å². The summed E-state index contributed by atoms with van der Waals surface area (Å²) in [7, 11) is -2.98. The highest BCUT2D eigenvalue weighted by molar-refractivity contribution is 7.95. The largest absolute Gasteiger partial charge is 0.471 e. The van der Waals surface area contributed by atoms with Gasteiger partial charge in [-0.3, -0.25) is 9.05 Å². The van der Waals surface area contributed by atoms with Crippen LogP contribution >= 0.6 is 15.1 Å². The molecule has 0 unspecified atom stereocenters. The molecule has 6 heteroatoms. The Morgan fingerprint density at radius 2 is 0.926 bits per heavy atom. The Kier molecular flexibility index (Phi) is 7.91. The Morgan fingerprint density at radius 3 is 1.11 bits per heavy atom. The second-order valence-corrected chi connectivity index (χ2v) is 11.1. The Bertz CT molecular complexity index is 750. The van der Waals surface area contributed by atoms with E-state index in [0.29, 0.717) is 0 Å². The molecule has 0 spiro atoms. The summed E-state index contributed by atoms with van der Waals surface area (Å²) in [6.07, 6.45) is 0. The minimum Gasteiger partial charge on any atom is -0.303 e. The molecular weight excluding hydrogens is 378 g/mol. The van der Waals surface area contributed by atoms with E-state index in [-0.39, 0.29) is 0 Å². The van der Waals surface area contributed by atoms with E-state index in [1.165, 1.54) is 15.9 Å². The van der Waals surface area contributed by atoms with Crippen LogP contribution in [-0.4, -0.2) is 25.8 Å². The van der Waals surface area contributed by atoms with E-state index in [4.69, 9.17) is 4.89 Å². The molecule has 0 aliphatic carbocycles. The highest BCUT2D eigenvalue weighted by atomic mass is 31.2. The summed E-state index contributed by atoms with van der Waals surface area (Å²) >= 11 is 0. The number of benzene rings is 3. The molecule has 27 heavy (non-hydrogen) atoms. The summed E-state index contributed by atoms with van der Waals surface area (Å²) in [5.41, 5.74) is 0. The first-order valence-corrected chi connectivity index (χ1v) is 12.1. The number of phosphoric ester groups is 1. The van der Waals surface area contributed by atoms with Gasteiger partial charge in [0.05, 0.1) is 6.66 Å². The van der Waals surface area contributed by atoms with Crippen LogP contribution in [0.1, 0.15) is 0 Å². The predicted molar refractivity (Wildman–Crippen MR) is 115 cm³/mol. The molecule has 0 aromatic heterocycles. The van der Waals surface area contributed by atoms with Crippen molar-refractivity contribution in [3.05, 3.63) is 91.0 Å². The van der Waals surface area contributed by atoms with Crippen molar-refractivity contribution in [1.29, 1.82) is 0 Å². The number of hydrogen-bond acceptors (Lipinski definition) is 3. The summed E-state index contributed by atoms with van der Waals surface area (Å²) in [6, 6.07) is 32.6. The van der Waals surface area contributed by atoms with Gasteiger partial charge in [-0.15, -0.1) is 0 Å². The van der Waals surface area contributed by atoms with Crippen molar-refractivity contribution < 1.29 is 18.5 Å². The summed E-state index contributed by atoms with van der Waals surface area (Å²) in [5, 5.41) is 4.28. The molecule has 4 nitrogen and oxygen atoms in total. The lowest BCUT2D eigenvalue weighted by atomic mass is 10.4. The fourth-order valence-corrected chi connectivity index (χ4v) is 6.05. The van der Waals surface area contributed by atoms with Crippen LogP contribution in [0.3, 0.4) is 0 Å². The highest BCUT2D eigenvalue weighted by Gasteiger charge is 2.39. The molecule has 0 saturated carbocycles. The van der Waals surface area contributed by atoms with Gasteiger partial charge in [-0.2, -0.15) is 0 Å². The molecule has 3 aromatic rings. The Hall–Kier alpha value is -1.80. The molecule has 0 aliphatic heterocycles. The Labute approximate surface area is 161 Å². The third-order valence-corrected chi connectivity index (χ3v) is 9.19. The fraction of sp³-hybridized carbons (Fsp3) is 0.143. The van der Waals surface area contributed by atoms with Gasteiger partial charge < -0.3 is 4.89 Å². The van der Waals surface area contributed by atoms with Gasteiger partial charge in [-0.05, 0) is 36.4 Å². The molecule has 0 aliphatic rings. The number of rotatable bonds is 5. The highest BCUT2D eigenvalue weighted by Crippen LogP contribution is 2.51. The first kappa shape index (κ1) is 21.5. The molecule has 0 heterocycles. The molecule has 3 aromatic carbocycles. The van der Waals surface area contributed by atoms with Gasteiger partial charge in [0.15, 0.2) is 0 Å². The molecule has 142 valence electrons. The predicted octanol–water partition coefficient (Wildman–Crippen LogP) is 3.99. The smallest absolute Gasteiger partial charge is 0.303 e. The third kappa shape index (κ3) is 5.59. The van der Waals surface area contributed by atoms with Crippen molar-refractivity contribution in [2.45, 2.75) is 0 Å². The molecule has 0 bridgehead atoms. The van der Waals surface area contributed by atoms with E-state index < -0.39 is 15.1 Å². The van der Waals surface area contributed by atoms with Crippen LogP contribution in [0.4, 0.5) is 0 Å². The molecule has 0 radical (unpaired) electrons. The van der Waals surface area contributed by atoms with Crippen molar-refractivity contribution in [2.75, 3.05) is 20.9 Å². The average Bonchev–Trinajstić information content (AvgIpc) is 2.75. The summed E-state index contributed by atoms with van der Waals surface area (Å²) in [5.74, 6) is 0. The minimum atomic E-state index is -3.65. The normalized spacial score (nSPS) is 11.4. The van der Waals surface area contributed by atoms with E-state index in [0.717, 1.165) is 14.2 Å². The maximum absolute atomic E-state index is 10.1. The first-order valence-electron chi connectivity index (χ1n) is 8.41. The summed E-state index contributed by atoms with van der Waals surface area (Å²) in [6.45, 7) is 2.41. The second-order valence-electron chi connectivity index (χ2n) is 5.85. The molecule has 0 atom stereocenters. The topological polar surface area (TPSA) is 55.8 Å². The zero-order valence-corrected chi connectivity index (χ0v) is 17.5. The SMILES string of the molecule is COP(=O)(O)OC.C[P+](c1ccccc1)(c1ccccc1)c1ccccc1. The molecule has 0 amide bonds. The van der Waals surface area contributed by atoms with E-state index in [1.54, 1.807) is 0 Å². The minimum absolute atomic E-state index is 1.10. The van der Waals surface area contributed by atoms with Crippen LogP contribution in [0.25, 0.3) is 0 Å². The average molecular weight is 403 g/mol. The van der Waals surface area contributed by atoms with E-state index >= 15 is 0 Å². The Balaban J connectivity index is 0.000000321. The standard InChI is InChI=1S/C19H18P.C2H7O4P/c1-20(17-11-5-2-6-12-17,18-13-7-3-8-14-18)19-15-9-4-10-16-19;1-5-7(3,4)6-2/h2-16H,1H3;1-2H3,(H,3,4)/q+1;. The third-order valence-electron chi connectivity index (χ3n) is 4.28. The summed E-state index contributed by atoms with van der Waals surface area (Å²) in [4.78, 5) is 8.24. The number of hydrogen-bond donors (Lipinski definition) is 1. The lowest BCUT2D eigenvalue weighted by Crippen LogP contribution is -2.30. The van der Waals surface area contributed by atoms with Crippen molar-refractivity contribution >= 4 is 31.0 Å². The van der Waals surface area contributed by atoms with Gasteiger partial charge in [-0.25, -0.2) is 4.57 Å². The Morgan fingerprint density at radius 1 is 0.667 bits per heavy atom. The van der Waals surface area contributed by atoms with Gasteiger partial charge >= 0.3 is 7.82 Å². The monoisotopic (exact) mass is 403 g/mol.